The topological polar surface area (TPSA) is 67.9 Å². The number of rotatable bonds is 3. The second-order valence-electron chi connectivity index (χ2n) is 7.78. The molecule has 0 radical (unpaired) electrons. The van der Waals surface area contributed by atoms with Crippen molar-refractivity contribution in [2.75, 3.05) is 24.7 Å². The lowest BCUT2D eigenvalue weighted by molar-refractivity contribution is -0.127. The number of nitrogens with zero attached hydrogens (tertiary/aromatic N) is 1. The summed E-state index contributed by atoms with van der Waals surface area (Å²) in [4.78, 5) is 27.0. The predicted molar refractivity (Wildman–Crippen MR) is 102 cm³/mol. The van der Waals surface area contributed by atoms with E-state index in [0.29, 0.717) is 31.3 Å². The molecule has 1 saturated heterocycles. The maximum Gasteiger partial charge on any atom is 0.227 e. The molecule has 1 atom stereocenters. The number of nitrogens with one attached hydrogen (secondary N) is 1. The summed E-state index contributed by atoms with van der Waals surface area (Å²) in [5, 5.41) is 3.21. The average Bonchev–Trinajstić information content (AvgIpc) is 3.05. The summed E-state index contributed by atoms with van der Waals surface area (Å²) in [7, 11) is 0. The zero-order valence-corrected chi connectivity index (χ0v) is 15.7. The lowest BCUT2D eigenvalue weighted by Gasteiger charge is -2.23. The predicted octanol–water partition coefficient (Wildman–Crippen LogP) is 3.04. The van der Waals surface area contributed by atoms with Crippen LogP contribution in [-0.4, -0.2) is 37.6 Å². The third kappa shape index (κ3) is 4.20. The van der Waals surface area contributed by atoms with Crippen LogP contribution in [0.15, 0.2) is 18.2 Å². The van der Waals surface area contributed by atoms with Gasteiger partial charge in [-0.2, -0.15) is 0 Å². The molecule has 2 fully saturated rings. The smallest absolute Gasteiger partial charge is 0.227 e. The minimum Gasteiger partial charge on any atom is -0.486 e. The fraction of sp³-hybridized carbons (Fsp3) is 0.619. The number of anilines is 1. The molecule has 2 heterocycles. The van der Waals surface area contributed by atoms with E-state index in [-0.39, 0.29) is 30.2 Å². The van der Waals surface area contributed by atoms with Crippen molar-refractivity contribution in [2.45, 2.75) is 57.4 Å². The fourth-order valence-electron chi connectivity index (χ4n) is 4.25. The van der Waals surface area contributed by atoms with Gasteiger partial charge in [-0.15, -0.1) is 0 Å². The van der Waals surface area contributed by atoms with Crippen molar-refractivity contribution in [1.29, 1.82) is 0 Å². The number of hydrogen-bond donors (Lipinski definition) is 1. The molecular formula is C21H28N2O4. The van der Waals surface area contributed by atoms with E-state index in [1.165, 1.54) is 32.1 Å². The SMILES string of the molecule is O=C(NC1CCCCCCC1)C1CC(=O)N(c2ccc3c(c2)OCCO3)C1. The normalized spacial score (nSPS) is 23.6. The van der Waals surface area contributed by atoms with Gasteiger partial charge in [0.1, 0.15) is 13.2 Å². The summed E-state index contributed by atoms with van der Waals surface area (Å²) >= 11 is 0. The van der Waals surface area contributed by atoms with Gasteiger partial charge in [-0.3, -0.25) is 9.59 Å². The molecule has 1 unspecified atom stereocenters. The molecule has 1 aromatic rings. The Labute approximate surface area is 160 Å². The summed E-state index contributed by atoms with van der Waals surface area (Å²) in [6.45, 7) is 1.48. The molecule has 2 aliphatic heterocycles. The molecule has 6 nitrogen and oxygen atoms in total. The number of hydrogen-bond acceptors (Lipinski definition) is 4. The van der Waals surface area contributed by atoms with E-state index in [9.17, 15) is 9.59 Å². The quantitative estimate of drug-likeness (QED) is 0.886. The van der Waals surface area contributed by atoms with Crippen molar-refractivity contribution < 1.29 is 19.1 Å². The van der Waals surface area contributed by atoms with Crippen molar-refractivity contribution >= 4 is 17.5 Å². The van der Waals surface area contributed by atoms with Crippen molar-refractivity contribution in [3.63, 3.8) is 0 Å². The van der Waals surface area contributed by atoms with Gasteiger partial charge in [0.2, 0.25) is 11.8 Å². The Bertz CT molecular complexity index is 697. The molecule has 1 saturated carbocycles. The summed E-state index contributed by atoms with van der Waals surface area (Å²) in [5.41, 5.74) is 0.769. The van der Waals surface area contributed by atoms with Crippen LogP contribution in [0.1, 0.15) is 51.4 Å². The Morgan fingerprint density at radius 1 is 1.00 bits per heavy atom. The van der Waals surface area contributed by atoms with E-state index in [1.54, 1.807) is 4.90 Å². The van der Waals surface area contributed by atoms with Crippen LogP contribution < -0.4 is 19.7 Å². The number of fused-ring (bicyclic) bond motifs is 1. The molecule has 3 aliphatic rings. The van der Waals surface area contributed by atoms with Gasteiger partial charge in [-0.25, -0.2) is 0 Å². The molecule has 4 rings (SSSR count). The first-order valence-electron chi connectivity index (χ1n) is 10.2. The van der Waals surface area contributed by atoms with Crippen LogP contribution in [0.2, 0.25) is 0 Å². The summed E-state index contributed by atoms with van der Waals surface area (Å²) in [6, 6.07) is 5.79. The van der Waals surface area contributed by atoms with Crippen LogP contribution in [0.4, 0.5) is 5.69 Å². The van der Waals surface area contributed by atoms with Gasteiger partial charge in [-0.05, 0) is 25.0 Å². The van der Waals surface area contributed by atoms with E-state index in [1.807, 2.05) is 18.2 Å². The molecule has 1 aliphatic carbocycles. The number of benzene rings is 1. The Morgan fingerprint density at radius 2 is 1.70 bits per heavy atom. The number of carbonyl (C=O) groups excluding carboxylic acids is 2. The van der Waals surface area contributed by atoms with E-state index in [2.05, 4.69) is 5.32 Å². The van der Waals surface area contributed by atoms with Gasteiger partial charge >= 0.3 is 0 Å². The van der Waals surface area contributed by atoms with Crippen molar-refractivity contribution in [3.05, 3.63) is 18.2 Å². The van der Waals surface area contributed by atoms with Crippen LogP contribution in [0.3, 0.4) is 0 Å². The van der Waals surface area contributed by atoms with Crippen LogP contribution in [0, 0.1) is 5.92 Å². The molecular weight excluding hydrogens is 344 g/mol. The molecule has 0 spiro atoms. The van der Waals surface area contributed by atoms with E-state index < -0.39 is 0 Å². The Morgan fingerprint density at radius 3 is 2.48 bits per heavy atom. The second-order valence-corrected chi connectivity index (χ2v) is 7.78. The van der Waals surface area contributed by atoms with Gasteiger partial charge in [0.25, 0.3) is 0 Å². The van der Waals surface area contributed by atoms with Crippen molar-refractivity contribution in [2.24, 2.45) is 5.92 Å². The standard InChI is InChI=1S/C21H28N2O4/c24-20-12-15(21(25)22-16-6-4-2-1-3-5-7-16)14-23(20)17-8-9-18-19(13-17)27-11-10-26-18/h8-9,13,15-16H,1-7,10-12,14H2,(H,22,25). The Balaban J connectivity index is 1.39. The average molecular weight is 372 g/mol. The minimum atomic E-state index is -0.281. The van der Waals surface area contributed by atoms with E-state index >= 15 is 0 Å². The van der Waals surface area contributed by atoms with Gasteiger partial charge in [0.15, 0.2) is 11.5 Å². The lowest BCUT2D eigenvalue weighted by atomic mass is 9.96. The van der Waals surface area contributed by atoms with Gasteiger partial charge in [0.05, 0.1) is 5.92 Å². The van der Waals surface area contributed by atoms with Crippen molar-refractivity contribution in [1.82, 2.24) is 5.32 Å². The number of ether oxygens (including phenoxy) is 2. The highest BCUT2D eigenvalue weighted by Crippen LogP contribution is 2.36. The summed E-state index contributed by atoms with van der Waals surface area (Å²) in [6.07, 6.45) is 8.56. The van der Waals surface area contributed by atoms with Crippen LogP contribution in [-0.2, 0) is 9.59 Å². The molecule has 6 heteroatoms. The van der Waals surface area contributed by atoms with Gasteiger partial charge in [-0.1, -0.05) is 32.1 Å². The first kappa shape index (κ1) is 18.1. The van der Waals surface area contributed by atoms with Crippen LogP contribution in [0.25, 0.3) is 0 Å². The molecule has 0 aromatic heterocycles. The Hall–Kier alpha value is -2.24. The second kappa shape index (κ2) is 8.19. The zero-order chi connectivity index (χ0) is 18.6. The highest BCUT2D eigenvalue weighted by molar-refractivity contribution is 6.00. The van der Waals surface area contributed by atoms with E-state index in [0.717, 1.165) is 18.5 Å². The van der Waals surface area contributed by atoms with Gasteiger partial charge in [0, 0.05) is 30.8 Å². The monoisotopic (exact) mass is 372 g/mol. The third-order valence-electron chi connectivity index (χ3n) is 5.78. The zero-order valence-electron chi connectivity index (χ0n) is 15.7. The first-order valence-corrected chi connectivity index (χ1v) is 10.2. The number of carbonyl (C=O) groups is 2. The summed E-state index contributed by atoms with van der Waals surface area (Å²) in [5.74, 6) is 1.10. The largest absolute Gasteiger partial charge is 0.486 e. The van der Waals surface area contributed by atoms with E-state index in [4.69, 9.17) is 9.47 Å². The molecule has 146 valence electrons. The molecule has 1 aromatic carbocycles. The lowest BCUT2D eigenvalue weighted by Crippen LogP contribution is -2.40. The van der Waals surface area contributed by atoms with Crippen LogP contribution in [0.5, 0.6) is 11.5 Å². The Kier molecular flexibility index (Phi) is 5.50. The maximum absolute atomic E-state index is 12.7. The highest BCUT2D eigenvalue weighted by Gasteiger charge is 2.36. The minimum absolute atomic E-state index is 0.00973. The van der Waals surface area contributed by atoms with Gasteiger partial charge < -0.3 is 19.7 Å². The third-order valence-corrected chi connectivity index (χ3v) is 5.78. The number of amides is 2. The maximum atomic E-state index is 12.7. The molecule has 0 bridgehead atoms. The highest BCUT2D eigenvalue weighted by atomic mass is 16.6. The molecule has 2 amide bonds. The molecule has 27 heavy (non-hydrogen) atoms. The molecule has 1 N–H and O–H groups in total. The fourth-order valence-corrected chi connectivity index (χ4v) is 4.25. The first-order chi connectivity index (χ1) is 13.2. The summed E-state index contributed by atoms with van der Waals surface area (Å²) < 4.78 is 11.2. The van der Waals surface area contributed by atoms with Crippen molar-refractivity contribution in [3.8, 4) is 11.5 Å². The van der Waals surface area contributed by atoms with Crippen LogP contribution >= 0.6 is 0 Å².